The van der Waals surface area contributed by atoms with E-state index in [-0.39, 0.29) is 0 Å². The average Bonchev–Trinajstić information content (AvgIpc) is 2.35. The molecule has 4 nitrogen and oxygen atoms in total. The Morgan fingerprint density at radius 2 is 2.11 bits per heavy atom. The Bertz CT molecular complexity index is 546. The predicted octanol–water partition coefficient (Wildman–Crippen LogP) is 3.51. The molecule has 18 heavy (non-hydrogen) atoms. The highest BCUT2D eigenvalue weighted by atomic mass is 35.5. The van der Waals surface area contributed by atoms with Crippen LogP contribution in [0, 0.1) is 0 Å². The summed E-state index contributed by atoms with van der Waals surface area (Å²) in [7, 11) is 0. The van der Waals surface area contributed by atoms with Gasteiger partial charge in [-0.3, -0.25) is 0 Å². The predicted molar refractivity (Wildman–Crippen MR) is 71.3 cm³/mol. The van der Waals surface area contributed by atoms with Gasteiger partial charge >= 0.3 is 0 Å². The van der Waals surface area contributed by atoms with Crippen molar-refractivity contribution in [1.29, 1.82) is 0 Å². The van der Waals surface area contributed by atoms with Crippen molar-refractivity contribution in [3.05, 3.63) is 41.6 Å². The van der Waals surface area contributed by atoms with Crippen LogP contribution in [0.2, 0.25) is 5.02 Å². The maximum absolute atomic E-state index is 5.83. The Morgan fingerprint density at radius 1 is 1.28 bits per heavy atom. The molecule has 0 saturated carbocycles. The minimum absolute atomic E-state index is 0.383. The van der Waals surface area contributed by atoms with Crippen LogP contribution in [0.5, 0.6) is 17.4 Å². The molecule has 2 N–H and O–H groups in total. The third kappa shape index (κ3) is 2.84. The van der Waals surface area contributed by atoms with Gasteiger partial charge in [-0.1, -0.05) is 11.6 Å². The number of pyridine rings is 1. The topological polar surface area (TPSA) is 57.4 Å². The quantitative estimate of drug-likeness (QED) is 0.859. The SMILES string of the molecule is CCOc1cccnc1Oc1ccc(Cl)cc1N. The van der Waals surface area contributed by atoms with Crippen LogP contribution in [0.15, 0.2) is 36.5 Å². The second-order valence-electron chi connectivity index (χ2n) is 3.52. The van der Waals surface area contributed by atoms with Crippen LogP contribution in [0.3, 0.4) is 0 Å². The van der Waals surface area contributed by atoms with Crippen molar-refractivity contribution in [2.75, 3.05) is 12.3 Å². The summed E-state index contributed by atoms with van der Waals surface area (Å²) >= 11 is 5.83. The van der Waals surface area contributed by atoms with E-state index in [4.69, 9.17) is 26.8 Å². The van der Waals surface area contributed by atoms with E-state index in [1.54, 1.807) is 36.5 Å². The van der Waals surface area contributed by atoms with Crippen molar-refractivity contribution in [1.82, 2.24) is 4.98 Å². The van der Waals surface area contributed by atoms with Crippen LogP contribution in [-0.4, -0.2) is 11.6 Å². The first-order valence-corrected chi connectivity index (χ1v) is 5.89. The molecule has 0 aliphatic heterocycles. The number of ether oxygens (including phenoxy) is 2. The lowest BCUT2D eigenvalue weighted by molar-refractivity contribution is 0.316. The van der Waals surface area contributed by atoms with E-state index in [1.807, 2.05) is 6.92 Å². The molecule has 0 atom stereocenters. The second-order valence-corrected chi connectivity index (χ2v) is 3.96. The molecule has 0 amide bonds. The fourth-order valence-electron chi connectivity index (χ4n) is 1.43. The van der Waals surface area contributed by atoms with Crippen LogP contribution in [0.1, 0.15) is 6.92 Å². The summed E-state index contributed by atoms with van der Waals surface area (Å²) in [4.78, 5) is 4.12. The van der Waals surface area contributed by atoms with E-state index in [1.165, 1.54) is 0 Å². The Labute approximate surface area is 110 Å². The monoisotopic (exact) mass is 264 g/mol. The summed E-state index contributed by atoms with van der Waals surface area (Å²) in [5.41, 5.74) is 6.27. The van der Waals surface area contributed by atoms with Crippen molar-refractivity contribution >= 4 is 17.3 Å². The zero-order valence-corrected chi connectivity index (χ0v) is 10.6. The molecule has 0 radical (unpaired) electrons. The van der Waals surface area contributed by atoms with E-state index in [2.05, 4.69) is 4.98 Å². The largest absolute Gasteiger partial charge is 0.488 e. The highest BCUT2D eigenvalue weighted by Crippen LogP contribution is 2.33. The number of hydrogen-bond acceptors (Lipinski definition) is 4. The van der Waals surface area contributed by atoms with Gasteiger partial charge in [-0.05, 0) is 37.3 Å². The molecule has 0 spiro atoms. The minimum atomic E-state index is 0.383. The van der Waals surface area contributed by atoms with E-state index in [9.17, 15) is 0 Å². The second kappa shape index (κ2) is 5.60. The standard InChI is InChI=1S/C13H13ClN2O2/c1-2-17-12-4-3-7-16-13(12)18-11-6-5-9(14)8-10(11)15/h3-8H,2,15H2,1H3. The van der Waals surface area contributed by atoms with Crippen LogP contribution < -0.4 is 15.2 Å². The normalized spacial score (nSPS) is 10.1. The van der Waals surface area contributed by atoms with Gasteiger partial charge in [0.05, 0.1) is 12.3 Å². The molecule has 0 aliphatic carbocycles. The van der Waals surface area contributed by atoms with E-state index in [0.717, 1.165) is 0 Å². The highest BCUT2D eigenvalue weighted by molar-refractivity contribution is 6.30. The summed E-state index contributed by atoms with van der Waals surface area (Å²) in [5.74, 6) is 1.46. The molecule has 0 aliphatic rings. The van der Waals surface area contributed by atoms with E-state index in [0.29, 0.717) is 34.7 Å². The summed E-state index contributed by atoms with van der Waals surface area (Å²) in [6.45, 7) is 2.44. The number of hydrogen-bond donors (Lipinski definition) is 1. The van der Waals surface area contributed by atoms with Crippen molar-refractivity contribution < 1.29 is 9.47 Å². The number of nitrogens with zero attached hydrogens (tertiary/aromatic N) is 1. The van der Waals surface area contributed by atoms with Gasteiger partial charge in [0, 0.05) is 11.2 Å². The number of anilines is 1. The lowest BCUT2D eigenvalue weighted by Crippen LogP contribution is -1.98. The molecule has 1 aromatic heterocycles. The molecular weight excluding hydrogens is 252 g/mol. The Kier molecular flexibility index (Phi) is 3.89. The number of aromatic nitrogens is 1. The zero-order chi connectivity index (χ0) is 13.0. The molecule has 0 fully saturated rings. The third-order valence-corrected chi connectivity index (χ3v) is 2.45. The van der Waals surface area contributed by atoms with Crippen LogP contribution in [0.4, 0.5) is 5.69 Å². The summed E-state index contributed by atoms with van der Waals surface area (Å²) in [6.07, 6.45) is 1.63. The van der Waals surface area contributed by atoms with Crippen molar-refractivity contribution in [2.45, 2.75) is 6.92 Å². The minimum Gasteiger partial charge on any atom is -0.488 e. The van der Waals surface area contributed by atoms with Crippen molar-refractivity contribution in [3.63, 3.8) is 0 Å². The first kappa shape index (κ1) is 12.5. The Hall–Kier alpha value is -1.94. The first-order chi connectivity index (χ1) is 8.70. The molecule has 0 bridgehead atoms. The lowest BCUT2D eigenvalue weighted by Gasteiger charge is -2.11. The summed E-state index contributed by atoms with van der Waals surface area (Å²) < 4.78 is 11.0. The average molecular weight is 265 g/mol. The van der Waals surface area contributed by atoms with Gasteiger partial charge in [0.1, 0.15) is 0 Å². The molecule has 5 heteroatoms. The highest BCUT2D eigenvalue weighted by Gasteiger charge is 2.09. The van der Waals surface area contributed by atoms with Crippen molar-refractivity contribution in [3.8, 4) is 17.4 Å². The molecule has 2 rings (SSSR count). The van der Waals surface area contributed by atoms with Gasteiger partial charge in [-0.15, -0.1) is 0 Å². The van der Waals surface area contributed by atoms with Gasteiger partial charge in [-0.2, -0.15) is 0 Å². The molecule has 1 heterocycles. The third-order valence-electron chi connectivity index (χ3n) is 2.21. The Balaban J connectivity index is 2.28. The zero-order valence-electron chi connectivity index (χ0n) is 9.89. The van der Waals surface area contributed by atoms with E-state index >= 15 is 0 Å². The number of halogens is 1. The van der Waals surface area contributed by atoms with Crippen molar-refractivity contribution in [2.24, 2.45) is 0 Å². The first-order valence-electron chi connectivity index (χ1n) is 5.51. The van der Waals surface area contributed by atoms with Gasteiger partial charge in [0.25, 0.3) is 5.88 Å². The fourth-order valence-corrected chi connectivity index (χ4v) is 1.62. The van der Waals surface area contributed by atoms with E-state index < -0.39 is 0 Å². The lowest BCUT2D eigenvalue weighted by atomic mass is 10.3. The molecule has 94 valence electrons. The van der Waals surface area contributed by atoms with Crippen LogP contribution >= 0.6 is 11.6 Å². The summed E-state index contributed by atoms with van der Waals surface area (Å²) in [6, 6.07) is 8.60. The van der Waals surface area contributed by atoms with Gasteiger partial charge in [-0.25, -0.2) is 4.98 Å². The number of nitrogens with two attached hydrogens (primary N) is 1. The van der Waals surface area contributed by atoms with Gasteiger partial charge < -0.3 is 15.2 Å². The number of nitrogen functional groups attached to an aromatic ring is 1. The number of benzene rings is 1. The summed E-state index contributed by atoms with van der Waals surface area (Å²) in [5, 5.41) is 0.561. The maximum Gasteiger partial charge on any atom is 0.262 e. The maximum atomic E-state index is 5.83. The molecule has 0 saturated heterocycles. The van der Waals surface area contributed by atoms with Gasteiger partial charge in [0.15, 0.2) is 11.5 Å². The van der Waals surface area contributed by atoms with Crippen LogP contribution in [0.25, 0.3) is 0 Å². The molecular formula is C13H13ClN2O2. The van der Waals surface area contributed by atoms with Crippen LogP contribution in [-0.2, 0) is 0 Å². The molecule has 2 aromatic rings. The van der Waals surface area contributed by atoms with Gasteiger partial charge in [0.2, 0.25) is 0 Å². The molecule has 0 unspecified atom stereocenters. The smallest absolute Gasteiger partial charge is 0.262 e. The molecule has 1 aromatic carbocycles. The Morgan fingerprint density at radius 3 is 2.83 bits per heavy atom. The fraction of sp³-hybridized carbons (Fsp3) is 0.154. The number of rotatable bonds is 4.